The Balaban J connectivity index is 3.02. The largest absolute Gasteiger partial charge is 0.397 e. The highest BCUT2D eigenvalue weighted by Gasteiger charge is 2.20. The Morgan fingerprint density at radius 3 is 2.26 bits per heavy atom. The van der Waals surface area contributed by atoms with E-state index in [4.69, 9.17) is 4.55 Å². The molecule has 0 atom stereocenters. The number of carbonyl (C=O) groups is 1. The van der Waals surface area contributed by atoms with Crippen LogP contribution < -0.4 is 0 Å². The number of rotatable bonds is 5. The van der Waals surface area contributed by atoms with E-state index in [-0.39, 0.29) is 18.7 Å². The molecule has 0 unspecified atom stereocenters. The second kappa shape index (κ2) is 7.41. The minimum atomic E-state index is -4.48. The maximum atomic E-state index is 12.0. The summed E-state index contributed by atoms with van der Waals surface area (Å²) in [5.74, 6) is -0.390. The number of likely N-dealkylation sites (N-methyl/N-ethyl adjacent to an activating group) is 1. The van der Waals surface area contributed by atoms with Gasteiger partial charge in [-0.3, -0.25) is 9.35 Å². The van der Waals surface area contributed by atoms with Crippen LogP contribution in [-0.2, 0) is 19.4 Å². The fraction of sp³-hybridized carbons (Fsp3) is 0.429. The summed E-state index contributed by atoms with van der Waals surface area (Å²) in [6.45, 7) is 3.50. The first-order valence-electron chi connectivity index (χ1n) is 6.69. The van der Waals surface area contributed by atoms with Crippen molar-refractivity contribution in [3.05, 3.63) is 34.7 Å². The van der Waals surface area contributed by atoms with Crippen molar-refractivity contribution in [2.24, 2.45) is 0 Å². The van der Waals surface area contributed by atoms with Gasteiger partial charge in [-0.05, 0) is 26.0 Å². The maximum absolute atomic E-state index is 12.0. The maximum Gasteiger partial charge on any atom is 0.397 e. The molecule has 126 valence electrons. The molecule has 8 nitrogen and oxygen atoms in total. The molecule has 23 heavy (non-hydrogen) atoms. The van der Waals surface area contributed by atoms with Crippen molar-refractivity contribution in [2.75, 3.05) is 27.2 Å². The fourth-order valence-electron chi connectivity index (χ4n) is 2.12. The zero-order valence-electron chi connectivity index (χ0n) is 13.4. The highest BCUT2D eigenvalue weighted by molar-refractivity contribution is 7.80. The summed E-state index contributed by atoms with van der Waals surface area (Å²) in [6, 6.07) is 1.92. The molecular formula is C14H19N3O5S. The van der Waals surface area contributed by atoms with E-state index in [9.17, 15) is 18.5 Å². The van der Waals surface area contributed by atoms with Gasteiger partial charge >= 0.3 is 10.4 Å². The summed E-state index contributed by atoms with van der Waals surface area (Å²) < 4.78 is 34.0. The van der Waals surface area contributed by atoms with Crippen LogP contribution in [0, 0.1) is 11.3 Å². The Kier molecular flexibility index (Phi) is 6.09. The van der Waals surface area contributed by atoms with E-state index in [0.29, 0.717) is 5.57 Å². The lowest BCUT2D eigenvalue weighted by molar-refractivity contribution is -0.124. The van der Waals surface area contributed by atoms with Crippen molar-refractivity contribution >= 4 is 16.3 Å². The van der Waals surface area contributed by atoms with E-state index in [1.165, 1.54) is 4.90 Å². The Morgan fingerprint density at radius 1 is 1.35 bits per heavy atom. The van der Waals surface area contributed by atoms with Gasteiger partial charge in [0.1, 0.15) is 11.6 Å². The second-order valence-electron chi connectivity index (χ2n) is 5.11. The lowest BCUT2D eigenvalue weighted by Gasteiger charge is -2.29. The van der Waals surface area contributed by atoms with Crippen LogP contribution in [0.15, 0.2) is 34.7 Å². The van der Waals surface area contributed by atoms with Gasteiger partial charge in [-0.15, -0.1) is 0 Å². The minimum Gasteiger partial charge on any atom is -0.347 e. The van der Waals surface area contributed by atoms with Crippen LogP contribution in [0.3, 0.4) is 0 Å². The molecule has 1 aliphatic heterocycles. The summed E-state index contributed by atoms with van der Waals surface area (Å²) in [6.07, 6.45) is 3.33. The Hall–Kier alpha value is -2.15. The fourth-order valence-corrected chi connectivity index (χ4v) is 2.40. The van der Waals surface area contributed by atoms with Gasteiger partial charge < -0.3 is 9.80 Å². The summed E-state index contributed by atoms with van der Waals surface area (Å²) in [7, 11) is -1.35. The first-order chi connectivity index (χ1) is 10.6. The first kappa shape index (κ1) is 18.9. The van der Waals surface area contributed by atoms with Crippen LogP contribution in [0.4, 0.5) is 0 Å². The van der Waals surface area contributed by atoms with E-state index in [0.717, 1.165) is 11.4 Å². The van der Waals surface area contributed by atoms with E-state index < -0.39 is 16.3 Å². The third kappa shape index (κ3) is 5.21. The van der Waals surface area contributed by atoms with Crippen LogP contribution >= 0.6 is 0 Å². The normalized spacial score (nSPS) is 14.8. The first-order valence-corrected chi connectivity index (χ1v) is 8.05. The van der Waals surface area contributed by atoms with Crippen molar-refractivity contribution in [3.8, 4) is 6.07 Å². The quantitative estimate of drug-likeness (QED) is 0.448. The lowest BCUT2D eigenvalue weighted by Crippen LogP contribution is -2.28. The lowest BCUT2D eigenvalue weighted by atomic mass is 10.0. The van der Waals surface area contributed by atoms with Crippen molar-refractivity contribution < 1.29 is 21.9 Å². The van der Waals surface area contributed by atoms with Gasteiger partial charge in [-0.2, -0.15) is 13.7 Å². The minimum absolute atomic E-state index is 0.0301. The van der Waals surface area contributed by atoms with Gasteiger partial charge in [0.25, 0.3) is 5.91 Å². The second-order valence-corrected chi connectivity index (χ2v) is 6.21. The van der Waals surface area contributed by atoms with Gasteiger partial charge in [-0.25, -0.2) is 4.18 Å². The molecule has 1 amide bonds. The van der Waals surface area contributed by atoms with Crippen molar-refractivity contribution in [3.63, 3.8) is 0 Å². The zero-order chi connectivity index (χ0) is 17.8. The van der Waals surface area contributed by atoms with E-state index in [2.05, 4.69) is 4.18 Å². The van der Waals surface area contributed by atoms with Crippen molar-refractivity contribution in [2.45, 2.75) is 13.8 Å². The van der Waals surface area contributed by atoms with E-state index in [1.807, 2.05) is 6.07 Å². The number of amides is 1. The zero-order valence-corrected chi connectivity index (χ0v) is 14.2. The Morgan fingerprint density at radius 2 is 1.87 bits per heavy atom. The van der Waals surface area contributed by atoms with E-state index >= 15 is 0 Å². The molecule has 0 radical (unpaired) electrons. The van der Waals surface area contributed by atoms with Crippen LogP contribution in [0.5, 0.6) is 0 Å². The van der Waals surface area contributed by atoms with Gasteiger partial charge in [0.05, 0.1) is 6.61 Å². The number of hydrogen-bond donors (Lipinski definition) is 1. The van der Waals surface area contributed by atoms with Crippen molar-refractivity contribution in [1.82, 2.24) is 9.80 Å². The molecule has 1 heterocycles. The summed E-state index contributed by atoms with van der Waals surface area (Å²) in [5, 5.41) is 9.22. The summed E-state index contributed by atoms with van der Waals surface area (Å²) in [4.78, 5) is 15.1. The molecular weight excluding hydrogens is 322 g/mol. The summed E-state index contributed by atoms with van der Waals surface area (Å²) in [5.41, 5.74) is 1.96. The molecule has 0 saturated carbocycles. The monoisotopic (exact) mass is 341 g/mol. The Bertz CT molecular complexity index is 704. The van der Waals surface area contributed by atoms with Crippen LogP contribution in [0.25, 0.3) is 0 Å². The molecule has 0 spiro atoms. The molecule has 0 bridgehead atoms. The highest BCUT2D eigenvalue weighted by atomic mass is 32.3. The molecule has 1 rings (SSSR count). The number of allylic oxidation sites excluding steroid dienone is 5. The average Bonchev–Trinajstić information content (AvgIpc) is 2.41. The van der Waals surface area contributed by atoms with Gasteiger partial charge in [0.2, 0.25) is 0 Å². The van der Waals surface area contributed by atoms with Crippen LogP contribution in [0.2, 0.25) is 0 Å². The van der Waals surface area contributed by atoms with Crippen LogP contribution in [0.1, 0.15) is 13.8 Å². The predicted octanol–water partition coefficient (Wildman–Crippen LogP) is 0.837. The average molecular weight is 341 g/mol. The molecule has 0 saturated heterocycles. The number of nitriles is 1. The highest BCUT2D eigenvalue weighted by Crippen LogP contribution is 2.24. The third-order valence-electron chi connectivity index (χ3n) is 3.15. The molecule has 9 heteroatoms. The number of nitrogens with zero attached hydrogens (tertiary/aromatic N) is 3. The van der Waals surface area contributed by atoms with Crippen molar-refractivity contribution in [1.29, 1.82) is 5.26 Å². The Labute approximate surface area is 135 Å². The van der Waals surface area contributed by atoms with Crippen LogP contribution in [-0.4, -0.2) is 55.9 Å². The third-order valence-corrected chi connectivity index (χ3v) is 3.61. The molecule has 0 aromatic carbocycles. The topological polar surface area (TPSA) is 111 Å². The van der Waals surface area contributed by atoms with Gasteiger partial charge in [0.15, 0.2) is 0 Å². The molecule has 0 aromatic heterocycles. The SMILES string of the molecule is CC1=CC(=C(C#N)C(=O)N(C)C)C=C(C)N1CCOS(=O)(=O)O. The molecule has 0 fully saturated rings. The predicted molar refractivity (Wildman–Crippen MR) is 83.1 cm³/mol. The van der Waals surface area contributed by atoms with Gasteiger partial charge in [-0.1, -0.05) is 0 Å². The number of carbonyl (C=O) groups excluding carboxylic acids is 1. The smallest absolute Gasteiger partial charge is 0.347 e. The molecule has 0 aromatic rings. The standard InChI is InChI=1S/C14H19N3O5S/c1-10-7-12(13(9-15)14(18)16(3)4)8-11(2)17(10)5-6-22-23(19,20)21/h7-8H,5-6H2,1-4H3,(H,19,20,21). The van der Waals surface area contributed by atoms with Gasteiger partial charge in [0, 0.05) is 37.6 Å². The summed E-state index contributed by atoms with van der Waals surface area (Å²) >= 11 is 0. The van der Waals surface area contributed by atoms with E-state index in [1.54, 1.807) is 45.0 Å². The molecule has 1 aliphatic rings. The molecule has 1 N–H and O–H groups in total. The number of hydrogen-bond acceptors (Lipinski definition) is 6. The molecule has 0 aliphatic carbocycles.